The van der Waals surface area contributed by atoms with Crippen LogP contribution in [0.15, 0.2) is 93.8 Å². The Bertz CT molecular complexity index is 2250. The number of nitrogens with one attached hydrogen (secondary N) is 1. The fourth-order valence-corrected chi connectivity index (χ4v) is 9.43. The number of hydrogen-bond donors (Lipinski definition) is 1. The lowest BCUT2D eigenvalue weighted by Gasteiger charge is -2.36. The Balaban J connectivity index is 0.735. The summed E-state index contributed by atoms with van der Waals surface area (Å²) >= 11 is 0. The van der Waals surface area contributed by atoms with Crippen LogP contribution in [0.1, 0.15) is 81.5 Å². The first-order valence-electron chi connectivity index (χ1n) is 22.6. The molecule has 14 nitrogen and oxygen atoms in total. The minimum absolute atomic E-state index is 0.0701. The van der Waals surface area contributed by atoms with Gasteiger partial charge in [-0.25, -0.2) is 9.13 Å². The fraction of sp³-hybridized carbons (Fsp3) is 0.479. The van der Waals surface area contributed by atoms with Gasteiger partial charge < -0.3 is 29.8 Å². The predicted octanol–water partition coefficient (Wildman–Crippen LogP) is 7.48. The molecule has 3 aromatic carbocycles. The lowest BCUT2D eigenvalue weighted by Crippen LogP contribution is -2.34. The topological polar surface area (TPSA) is 121 Å². The Kier molecular flexibility index (Phi) is 13.6. The molecule has 0 atom stereocenters. The van der Waals surface area contributed by atoms with Gasteiger partial charge in [0.15, 0.2) is 0 Å². The molecule has 326 valence electrons. The minimum Gasteiger partial charge on any atom is -0.390 e. The quantitative estimate of drug-likeness (QED) is 0.0669. The van der Waals surface area contributed by atoms with Crippen molar-refractivity contribution in [3.05, 3.63) is 107 Å². The van der Waals surface area contributed by atoms with E-state index in [-0.39, 0.29) is 11.8 Å². The van der Waals surface area contributed by atoms with Crippen molar-refractivity contribution in [1.29, 1.82) is 0 Å². The number of benzene rings is 3. The molecule has 1 N–H and O–H groups in total. The van der Waals surface area contributed by atoms with E-state index >= 15 is 0 Å². The highest BCUT2D eigenvalue weighted by molar-refractivity contribution is 5.97. The standard InChI is InChI=1S/C48H63N12O2/c1-54(35-50-51-42-31-38-11-5-23-58-24-6-12-39(32-42)44(38)58)28-20-49-19-9-21-55(2)46(61)36-15-17-37(18-16-36)47(62)56(3)22-10-27-60-30-29-57(4)48(60)53-52-43-33-40-13-7-25-59-26-8-14-41(34-43)45(40)59/h15-18,20,28-34,49H,5-14,19,21-27,35H2,1-4H3/q+1. The van der Waals surface area contributed by atoms with Gasteiger partial charge in [0.25, 0.3) is 11.8 Å². The molecule has 4 aliphatic rings. The molecule has 0 saturated carbocycles. The van der Waals surface area contributed by atoms with Crippen LogP contribution in [0, 0.1) is 0 Å². The van der Waals surface area contributed by atoms with Crippen molar-refractivity contribution in [3.8, 4) is 0 Å². The number of anilines is 2. The molecule has 2 amide bonds. The average Bonchev–Trinajstić information content (AvgIpc) is 3.64. The smallest absolute Gasteiger partial charge is 0.390 e. The third kappa shape index (κ3) is 10.0. The lowest BCUT2D eigenvalue weighted by molar-refractivity contribution is -0.657. The van der Waals surface area contributed by atoms with Gasteiger partial charge in [-0.15, -0.1) is 0 Å². The number of aryl methyl sites for hydroxylation is 6. The molecular weight excluding hydrogens is 777 g/mol. The second-order valence-electron chi connectivity index (χ2n) is 17.4. The molecule has 4 aromatic rings. The van der Waals surface area contributed by atoms with Crippen LogP contribution in [0.25, 0.3) is 0 Å². The molecule has 4 aliphatic heterocycles. The molecule has 0 aliphatic carbocycles. The molecule has 14 heteroatoms. The third-order valence-electron chi connectivity index (χ3n) is 12.6. The van der Waals surface area contributed by atoms with Gasteiger partial charge in [-0.2, -0.15) is 10.2 Å². The summed E-state index contributed by atoms with van der Waals surface area (Å²) in [5.74, 6) is 0.623. The van der Waals surface area contributed by atoms with Crippen molar-refractivity contribution in [3.63, 3.8) is 0 Å². The number of carbonyl (C=O) groups excluding carboxylic acids is 2. The highest BCUT2D eigenvalue weighted by Gasteiger charge is 2.26. The van der Waals surface area contributed by atoms with Gasteiger partial charge in [0.05, 0.1) is 31.7 Å². The first-order valence-corrected chi connectivity index (χ1v) is 22.6. The second kappa shape index (κ2) is 19.8. The highest BCUT2D eigenvalue weighted by Crippen LogP contribution is 2.39. The summed E-state index contributed by atoms with van der Waals surface area (Å²) in [5.41, 5.74) is 11.5. The van der Waals surface area contributed by atoms with E-state index in [4.69, 9.17) is 5.11 Å². The van der Waals surface area contributed by atoms with Gasteiger partial charge in [-0.3, -0.25) is 9.59 Å². The molecule has 0 bridgehead atoms. The Morgan fingerprint density at radius 1 is 0.710 bits per heavy atom. The summed E-state index contributed by atoms with van der Waals surface area (Å²) < 4.78 is 4.06. The Labute approximate surface area is 366 Å². The normalized spacial score (nSPS) is 15.6. The van der Waals surface area contributed by atoms with Gasteiger partial charge in [-0.1, -0.05) is 5.11 Å². The number of carbonyl (C=O) groups is 2. The maximum atomic E-state index is 13.3. The third-order valence-corrected chi connectivity index (χ3v) is 12.6. The second-order valence-corrected chi connectivity index (χ2v) is 17.4. The first kappa shape index (κ1) is 42.6. The Morgan fingerprint density at radius 2 is 1.21 bits per heavy atom. The van der Waals surface area contributed by atoms with Crippen LogP contribution >= 0.6 is 0 Å². The zero-order valence-electron chi connectivity index (χ0n) is 37.1. The van der Waals surface area contributed by atoms with Crippen LogP contribution in [0.3, 0.4) is 0 Å². The monoisotopic (exact) mass is 840 g/mol. The predicted molar refractivity (Wildman–Crippen MR) is 244 cm³/mol. The highest BCUT2D eigenvalue weighted by atomic mass is 16.2. The van der Waals surface area contributed by atoms with Crippen molar-refractivity contribution in [1.82, 2.24) is 24.6 Å². The van der Waals surface area contributed by atoms with E-state index in [1.54, 1.807) is 34.1 Å². The zero-order chi connectivity index (χ0) is 43.0. The van der Waals surface area contributed by atoms with Crippen molar-refractivity contribution in [2.24, 2.45) is 27.5 Å². The largest absolute Gasteiger partial charge is 0.421 e. The number of nitrogens with zero attached hydrogens (tertiary/aromatic N) is 11. The van der Waals surface area contributed by atoms with Crippen LogP contribution < -0.4 is 19.7 Å². The lowest BCUT2D eigenvalue weighted by atomic mass is 9.91. The van der Waals surface area contributed by atoms with Crippen LogP contribution in [0.2, 0.25) is 0 Å². The molecule has 1 aromatic heterocycles. The van der Waals surface area contributed by atoms with Gasteiger partial charge in [0, 0.05) is 107 Å². The van der Waals surface area contributed by atoms with Crippen LogP contribution in [-0.4, -0.2) is 105 Å². The number of rotatable bonds is 17. The molecule has 0 fully saturated rings. The zero-order valence-corrected chi connectivity index (χ0v) is 37.1. The number of aromatic nitrogens is 2. The van der Waals surface area contributed by atoms with E-state index in [1.165, 1.54) is 72.4 Å². The van der Waals surface area contributed by atoms with E-state index in [1.807, 2.05) is 62.5 Å². The fourth-order valence-electron chi connectivity index (χ4n) is 9.43. The molecular formula is C48H63N12O2+. The van der Waals surface area contributed by atoms with Gasteiger partial charge >= 0.3 is 5.95 Å². The van der Waals surface area contributed by atoms with E-state index in [0.717, 1.165) is 75.5 Å². The minimum atomic E-state index is -0.0755. The van der Waals surface area contributed by atoms with Gasteiger partial charge in [0.2, 0.25) is 0 Å². The summed E-state index contributed by atoms with van der Waals surface area (Å²) in [6.07, 6.45) is 18.6. The number of azo groups is 2. The van der Waals surface area contributed by atoms with E-state index in [0.29, 0.717) is 37.4 Å². The number of amides is 2. The maximum Gasteiger partial charge on any atom is 0.421 e. The summed E-state index contributed by atoms with van der Waals surface area (Å²) in [4.78, 5) is 37.0. The van der Waals surface area contributed by atoms with Gasteiger partial charge in [-0.05, 0) is 135 Å². The van der Waals surface area contributed by atoms with Gasteiger partial charge in [0.1, 0.15) is 12.4 Å². The maximum absolute atomic E-state index is 13.3. The molecule has 0 radical (unpaired) electrons. The molecule has 0 unspecified atom stereocenters. The number of imidazole rings is 1. The summed E-state index contributed by atoms with van der Waals surface area (Å²) in [5, 5.41) is 21.7. The van der Waals surface area contributed by atoms with E-state index < -0.39 is 0 Å². The average molecular weight is 840 g/mol. The molecule has 0 saturated heterocycles. The summed E-state index contributed by atoms with van der Waals surface area (Å²) in [6, 6.07) is 15.8. The van der Waals surface area contributed by atoms with Crippen molar-refractivity contribution < 1.29 is 14.2 Å². The Hall–Kier alpha value is -6.05. The van der Waals surface area contributed by atoms with Crippen molar-refractivity contribution in [2.75, 3.05) is 83.4 Å². The summed E-state index contributed by atoms with van der Waals surface area (Å²) in [6.45, 7) is 7.71. The van der Waals surface area contributed by atoms with Crippen LogP contribution in [0.4, 0.5) is 28.7 Å². The molecule has 62 heavy (non-hydrogen) atoms. The number of hydrogen-bond acceptors (Lipinski definition) is 10. The van der Waals surface area contributed by atoms with Crippen LogP contribution in [0.5, 0.6) is 0 Å². The molecule has 5 heterocycles. The Morgan fingerprint density at radius 3 is 1.74 bits per heavy atom. The SMILES string of the molecule is CN(C=CNCCCN(C)C(=O)c1ccc(C(=O)N(C)CCCn2cc[n+](C)c2N=Nc2cc3c4c(c2)CCCN4CCC3)cc1)CN=Nc1cc2c3c(c1)CCCN3CCC2. The molecule has 8 rings (SSSR count). The molecule has 0 spiro atoms. The van der Waals surface area contributed by atoms with Crippen molar-refractivity contribution in [2.45, 2.75) is 70.8 Å². The first-order chi connectivity index (χ1) is 30.2. The van der Waals surface area contributed by atoms with E-state index in [9.17, 15) is 9.59 Å². The van der Waals surface area contributed by atoms with Crippen LogP contribution in [-0.2, 0) is 39.3 Å². The van der Waals surface area contributed by atoms with Crippen molar-refractivity contribution >= 4 is 40.5 Å². The van der Waals surface area contributed by atoms with E-state index in [2.05, 4.69) is 59.3 Å². The summed E-state index contributed by atoms with van der Waals surface area (Å²) in [7, 11) is 7.59.